The Morgan fingerprint density at radius 3 is 2.47 bits per heavy atom. The van der Waals surface area contributed by atoms with Gasteiger partial charge < -0.3 is 0 Å². The fraction of sp³-hybridized carbons (Fsp3) is 0.600. The molecule has 1 aliphatic rings. The second-order valence-electron chi connectivity index (χ2n) is 5.99. The Kier molecular flexibility index (Phi) is 5.29. The van der Waals surface area contributed by atoms with Crippen molar-refractivity contribution in [2.45, 2.75) is 39.2 Å². The molecule has 1 fully saturated rings. The van der Waals surface area contributed by atoms with Crippen molar-refractivity contribution >= 4 is 27.5 Å². The van der Waals surface area contributed by atoms with Crippen molar-refractivity contribution in [2.75, 3.05) is 0 Å². The number of rotatable bonds is 3. The Balaban J connectivity index is 2.26. The van der Waals surface area contributed by atoms with Gasteiger partial charge in [-0.15, -0.1) is 0 Å². The van der Waals surface area contributed by atoms with Crippen molar-refractivity contribution in [3.05, 3.63) is 33.3 Å². The molecule has 0 amide bonds. The van der Waals surface area contributed by atoms with Crippen LogP contribution in [0.4, 0.5) is 0 Å². The van der Waals surface area contributed by atoms with Crippen molar-refractivity contribution in [2.24, 2.45) is 23.6 Å². The van der Waals surface area contributed by atoms with Gasteiger partial charge in [0.25, 0.3) is 0 Å². The summed E-state index contributed by atoms with van der Waals surface area (Å²) in [7, 11) is 0. The van der Waals surface area contributed by atoms with Crippen LogP contribution in [0.15, 0.2) is 22.7 Å². The first-order chi connectivity index (χ1) is 9.01. The number of nitrogens with two attached hydrogens (primary N) is 1. The summed E-state index contributed by atoms with van der Waals surface area (Å²) < 4.78 is 1.05. The minimum atomic E-state index is 0.134. The number of nitrogens with one attached hydrogen (secondary N) is 1. The van der Waals surface area contributed by atoms with E-state index in [2.05, 4.69) is 41.3 Å². The summed E-state index contributed by atoms with van der Waals surface area (Å²) in [5.41, 5.74) is 4.09. The molecule has 2 rings (SSSR count). The third-order valence-electron chi connectivity index (χ3n) is 4.16. The van der Waals surface area contributed by atoms with Gasteiger partial charge >= 0.3 is 0 Å². The van der Waals surface area contributed by atoms with E-state index >= 15 is 0 Å². The molecule has 1 aliphatic carbocycles. The monoisotopic (exact) mass is 344 g/mol. The Morgan fingerprint density at radius 2 is 1.89 bits per heavy atom. The summed E-state index contributed by atoms with van der Waals surface area (Å²) in [5.74, 6) is 7.89. The van der Waals surface area contributed by atoms with Crippen molar-refractivity contribution in [3.8, 4) is 0 Å². The number of benzene rings is 1. The molecule has 2 nitrogen and oxygen atoms in total. The van der Waals surface area contributed by atoms with E-state index in [1.807, 2.05) is 12.1 Å². The molecule has 1 aromatic carbocycles. The van der Waals surface area contributed by atoms with Crippen LogP contribution in [0.5, 0.6) is 0 Å². The third-order valence-corrected chi connectivity index (χ3v) is 5.00. The molecule has 1 aromatic rings. The first-order valence-electron chi connectivity index (χ1n) is 6.92. The lowest BCUT2D eigenvalue weighted by molar-refractivity contribution is 0.177. The van der Waals surface area contributed by atoms with Gasteiger partial charge in [0.1, 0.15) is 0 Å². The van der Waals surface area contributed by atoms with E-state index in [1.165, 1.54) is 19.3 Å². The third kappa shape index (κ3) is 3.72. The van der Waals surface area contributed by atoms with Crippen LogP contribution in [-0.2, 0) is 0 Å². The van der Waals surface area contributed by atoms with Crippen LogP contribution >= 0.6 is 27.5 Å². The smallest absolute Gasteiger partial charge is 0.0503 e. The number of hydrazine groups is 1. The molecule has 0 aliphatic heterocycles. The molecule has 3 atom stereocenters. The van der Waals surface area contributed by atoms with Gasteiger partial charge in [-0.1, -0.05) is 41.4 Å². The summed E-state index contributed by atoms with van der Waals surface area (Å²) >= 11 is 9.86. The van der Waals surface area contributed by atoms with E-state index in [0.717, 1.165) is 26.9 Å². The lowest BCUT2D eigenvalue weighted by Crippen LogP contribution is -2.37. The van der Waals surface area contributed by atoms with Crippen LogP contribution in [0.2, 0.25) is 5.02 Å². The Hall–Kier alpha value is -0.0900. The topological polar surface area (TPSA) is 38.0 Å². The zero-order valence-electron chi connectivity index (χ0n) is 11.5. The molecular formula is C15H22BrClN2. The molecule has 0 aromatic heterocycles. The van der Waals surface area contributed by atoms with Crippen molar-refractivity contribution in [3.63, 3.8) is 0 Å². The van der Waals surface area contributed by atoms with E-state index < -0.39 is 0 Å². The molecule has 0 radical (unpaired) electrons. The lowest BCUT2D eigenvalue weighted by Gasteiger charge is -2.36. The molecule has 4 heteroatoms. The molecule has 0 spiro atoms. The number of hydrogen-bond acceptors (Lipinski definition) is 2. The first-order valence-corrected chi connectivity index (χ1v) is 8.09. The van der Waals surface area contributed by atoms with E-state index in [0.29, 0.717) is 5.92 Å². The number of halogens is 2. The van der Waals surface area contributed by atoms with Crippen LogP contribution in [0.25, 0.3) is 0 Å². The largest absolute Gasteiger partial charge is 0.271 e. The predicted octanol–water partition coefficient (Wildman–Crippen LogP) is 4.68. The van der Waals surface area contributed by atoms with Gasteiger partial charge in [-0.2, -0.15) is 0 Å². The van der Waals surface area contributed by atoms with Gasteiger partial charge in [0, 0.05) is 9.50 Å². The summed E-state index contributed by atoms with van der Waals surface area (Å²) in [4.78, 5) is 0. The van der Waals surface area contributed by atoms with Gasteiger partial charge in [-0.25, -0.2) is 0 Å². The maximum Gasteiger partial charge on any atom is 0.0503 e. The molecule has 0 heterocycles. The molecule has 3 unspecified atom stereocenters. The van der Waals surface area contributed by atoms with Crippen LogP contribution in [0, 0.1) is 17.8 Å². The molecule has 19 heavy (non-hydrogen) atoms. The van der Waals surface area contributed by atoms with Gasteiger partial charge in [0.05, 0.1) is 6.04 Å². The van der Waals surface area contributed by atoms with Crippen molar-refractivity contribution in [1.82, 2.24) is 5.43 Å². The molecular weight excluding hydrogens is 324 g/mol. The van der Waals surface area contributed by atoms with E-state index in [4.69, 9.17) is 17.4 Å². The van der Waals surface area contributed by atoms with Crippen LogP contribution < -0.4 is 11.3 Å². The standard InChI is InChI=1S/C15H22BrClN2/c1-9-5-10(2)7-11(6-9)15(19-18)13-8-12(16)3-4-14(13)17/h3-4,8-11,15,19H,5-7,18H2,1-2H3. The highest BCUT2D eigenvalue weighted by molar-refractivity contribution is 9.10. The van der Waals surface area contributed by atoms with Crippen molar-refractivity contribution < 1.29 is 0 Å². The second-order valence-corrected chi connectivity index (χ2v) is 7.31. The highest BCUT2D eigenvalue weighted by Crippen LogP contribution is 2.41. The number of hydrogen-bond donors (Lipinski definition) is 2. The van der Waals surface area contributed by atoms with Gasteiger partial charge in [-0.3, -0.25) is 11.3 Å². The average molecular weight is 346 g/mol. The van der Waals surface area contributed by atoms with E-state index in [-0.39, 0.29) is 6.04 Å². The fourth-order valence-corrected chi connectivity index (χ4v) is 4.13. The van der Waals surface area contributed by atoms with Gasteiger partial charge in [0.15, 0.2) is 0 Å². The summed E-state index contributed by atoms with van der Waals surface area (Å²) in [5, 5.41) is 0.789. The van der Waals surface area contributed by atoms with Crippen LogP contribution in [0.3, 0.4) is 0 Å². The average Bonchev–Trinajstić information content (AvgIpc) is 2.33. The molecule has 3 N–H and O–H groups in total. The predicted molar refractivity (Wildman–Crippen MR) is 84.9 cm³/mol. The highest BCUT2D eigenvalue weighted by atomic mass is 79.9. The summed E-state index contributed by atoms with van der Waals surface area (Å²) in [6.07, 6.45) is 3.74. The fourth-order valence-electron chi connectivity index (χ4n) is 3.51. The van der Waals surface area contributed by atoms with Gasteiger partial charge in [0.2, 0.25) is 0 Å². The Morgan fingerprint density at radius 1 is 1.26 bits per heavy atom. The minimum Gasteiger partial charge on any atom is -0.271 e. The van der Waals surface area contributed by atoms with Crippen LogP contribution in [-0.4, -0.2) is 0 Å². The Bertz CT molecular complexity index is 428. The van der Waals surface area contributed by atoms with Crippen LogP contribution in [0.1, 0.15) is 44.7 Å². The zero-order valence-corrected chi connectivity index (χ0v) is 13.8. The van der Waals surface area contributed by atoms with E-state index in [1.54, 1.807) is 0 Å². The minimum absolute atomic E-state index is 0.134. The molecule has 1 saturated carbocycles. The molecule has 0 saturated heterocycles. The summed E-state index contributed by atoms with van der Waals surface area (Å²) in [6.45, 7) is 4.66. The van der Waals surface area contributed by atoms with Crippen molar-refractivity contribution in [1.29, 1.82) is 0 Å². The first kappa shape index (κ1) is 15.3. The normalized spacial score (nSPS) is 29.2. The SMILES string of the molecule is CC1CC(C)CC(C(NN)c2cc(Br)ccc2Cl)C1. The van der Waals surface area contributed by atoms with E-state index in [9.17, 15) is 0 Å². The zero-order chi connectivity index (χ0) is 14.0. The Labute approximate surface area is 129 Å². The molecule has 106 valence electrons. The second kappa shape index (κ2) is 6.57. The summed E-state index contributed by atoms with van der Waals surface area (Å²) in [6, 6.07) is 6.11. The lowest BCUT2D eigenvalue weighted by atomic mass is 9.72. The molecule has 0 bridgehead atoms. The maximum absolute atomic E-state index is 6.35. The quantitative estimate of drug-likeness (QED) is 0.616. The van der Waals surface area contributed by atoms with Gasteiger partial charge in [-0.05, 0) is 60.8 Å². The maximum atomic E-state index is 6.35. The highest BCUT2D eigenvalue weighted by Gasteiger charge is 2.31.